The first-order valence-electron chi connectivity index (χ1n) is 9.42. The first kappa shape index (κ1) is 20.2. The summed E-state index contributed by atoms with van der Waals surface area (Å²) in [7, 11) is -4.06. The molecule has 0 radical (unpaired) electrons. The highest BCUT2D eigenvalue weighted by Crippen LogP contribution is 2.30. The highest BCUT2D eigenvalue weighted by Gasteiger charge is 2.39. The predicted molar refractivity (Wildman–Crippen MR) is 114 cm³/mol. The minimum absolute atomic E-state index is 0.0514. The van der Waals surface area contributed by atoms with Crippen LogP contribution in [0.5, 0.6) is 0 Å². The second kappa shape index (κ2) is 7.29. The zero-order chi connectivity index (χ0) is 21.6. The van der Waals surface area contributed by atoms with Crippen molar-refractivity contribution in [2.75, 3.05) is 6.54 Å². The van der Waals surface area contributed by atoms with Gasteiger partial charge in [-0.25, -0.2) is 27.9 Å². The summed E-state index contributed by atoms with van der Waals surface area (Å²) in [5.41, 5.74) is 3.66. The van der Waals surface area contributed by atoms with E-state index >= 15 is 0 Å². The SMILES string of the molecule is CC1=NC(=O)NC(=O)[C@@H]1S(=O)(=O)NCCn1c2ccccc2c2c(C)cc(C)nc21. The Labute approximate surface area is 173 Å². The van der Waals surface area contributed by atoms with Gasteiger partial charge in [-0.3, -0.25) is 10.1 Å². The molecule has 1 aromatic carbocycles. The van der Waals surface area contributed by atoms with Crippen LogP contribution in [0.15, 0.2) is 35.3 Å². The molecule has 0 saturated carbocycles. The highest BCUT2D eigenvalue weighted by atomic mass is 32.2. The average molecular weight is 427 g/mol. The maximum Gasteiger partial charge on any atom is 0.347 e. The molecule has 0 saturated heterocycles. The number of aromatic nitrogens is 2. The van der Waals surface area contributed by atoms with Crippen molar-refractivity contribution in [3.63, 3.8) is 0 Å². The number of fused-ring (bicyclic) bond motifs is 3. The molecule has 1 aliphatic rings. The first-order valence-corrected chi connectivity index (χ1v) is 11.0. The van der Waals surface area contributed by atoms with Gasteiger partial charge in [-0.2, -0.15) is 0 Å². The minimum Gasteiger partial charge on any atom is -0.324 e. The Kier molecular flexibility index (Phi) is 4.91. The molecule has 156 valence electrons. The van der Waals surface area contributed by atoms with Crippen LogP contribution in [0.1, 0.15) is 18.2 Å². The van der Waals surface area contributed by atoms with E-state index in [4.69, 9.17) is 0 Å². The second-order valence-electron chi connectivity index (χ2n) is 7.31. The Morgan fingerprint density at radius 1 is 1.17 bits per heavy atom. The molecule has 0 spiro atoms. The van der Waals surface area contributed by atoms with Crippen molar-refractivity contribution in [2.45, 2.75) is 32.6 Å². The Bertz CT molecular complexity index is 1340. The van der Waals surface area contributed by atoms with Crippen molar-refractivity contribution in [1.82, 2.24) is 19.6 Å². The Balaban J connectivity index is 1.65. The van der Waals surface area contributed by atoms with Crippen LogP contribution in [0.2, 0.25) is 0 Å². The zero-order valence-electron chi connectivity index (χ0n) is 16.8. The van der Waals surface area contributed by atoms with Gasteiger partial charge in [-0.1, -0.05) is 18.2 Å². The quantitative estimate of drug-likeness (QED) is 0.643. The third-order valence-electron chi connectivity index (χ3n) is 5.12. The molecule has 2 N–H and O–H groups in total. The summed E-state index contributed by atoms with van der Waals surface area (Å²) in [5, 5.41) is 2.48. The molecule has 0 fully saturated rings. The van der Waals surface area contributed by atoms with Gasteiger partial charge in [-0.15, -0.1) is 0 Å². The molecule has 1 aliphatic heterocycles. The molecule has 30 heavy (non-hydrogen) atoms. The number of amides is 3. The van der Waals surface area contributed by atoms with Crippen molar-refractivity contribution in [2.24, 2.45) is 4.99 Å². The summed E-state index contributed by atoms with van der Waals surface area (Å²) in [4.78, 5) is 31.5. The van der Waals surface area contributed by atoms with Crippen LogP contribution >= 0.6 is 0 Å². The zero-order valence-corrected chi connectivity index (χ0v) is 17.6. The molecule has 4 rings (SSSR count). The van der Waals surface area contributed by atoms with Gasteiger partial charge < -0.3 is 4.57 Å². The van der Waals surface area contributed by atoms with Gasteiger partial charge in [0.25, 0.3) is 5.91 Å². The number of nitrogens with one attached hydrogen (secondary N) is 2. The van der Waals surface area contributed by atoms with E-state index in [1.54, 1.807) is 0 Å². The number of hydrogen-bond acceptors (Lipinski definition) is 5. The number of sulfonamides is 1. The minimum atomic E-state index is -4.06. The first-order chi connectivity index (χ1) is 14.2. The largest absolute Gasteiger partial charge is 0.347 e. The number of aliphatic imine (C=N–C) groups is 1. The summed E-state index contributed by atoms with van der Waals surface area (Å²) >= 11 is 0. The van der Waals surface area contributed by atoms with E-state index < -0.39 is 27.2 Å². The fraction of sp³-hybridized carbons (Fsp3) is 0.300. The molecule has 0 unspecified atom stereocenters. The van der Waals surface area contributed by atoms with E-state index in [1.807, 2.05) is 54.1 Å². The monoisotopic (exact) mass is 427 g/mol. The number of hydrogen-bond donors (Lipinski definition) is 2. The van der Waals surface area contributed by atoms with Crippen LogP contribution < -0.4 is 10.0 Å². The molecule has 2 aromatic heterocycles. The van der Waals surface area contributed by atoms with Crippen LogP contribution in [0, 0.1) is 13.8 Å². The van der Waals surface area contributed by atoms with Gasteiger partial charge in [0, 0.05) is 35.3 Å². The third-order valence-corrected chi connectivity index (χ3v) is 6.90. The van der Waals surface area contributed by atoms with E-state index in [0.717, 1.165) is 33.2 Å². The van der Waals surface area contributed by atoms with Gasteiger partial charge in [0.2, 0.25) is 10.0 Å². The number of carbonyl (C=O) groups is 2. The number of aryl methyl sites for hydroxylation is 2. The van der Waals surface area contributed by atoms with Crippen molar-refractivity contribution in [3.8, 4) is 0 Å². The van der Waals surface area contributed by atoms with Gasteiger partial charge in [0.15, 0.2) is 5.25 Å². The number of para-hydroxylation sites is 1. The number of rotatable bonds is 5. The summed E-state index contributed by atoms with van der Waals surface area (Å²) in [6.07, 6.45) is 0. The maximum absolute atomic E-state index is 12.7. The smallest absolute Gasteiger partial charge is 0.324 e. The van der Waals surface area contributed by atoms with Crippen LogP contribution in [0.4, 0.5) is 4.79 Å². The summed E-state index contributed by atoms with van der Waals surface area (Å²) in [6.45, 7) is 5.67. The lowest BCUT2D eigenvalue weighted by Crippen LogP contribution is -2.53. The van der Waals surface area contributed by atoms with Gasteiger partial charge in [0.1, 0.15) is 5.65 Å². The van der Waals surface area contributed by atoms with E-state index in [0.29, 0.717) is 6.54 Å². The van der Waals surface area contributed by atoms with Crippen LogP contribution in [0.3, 0.4) is 0 Å². The fourth-order valence-corrected chi connectivity index (χ4v) is 5.35. The lowest BCUT2D eigenvalue weighted by atomic mass is 10.1. The van der Waals surface area contributed by atoms with Gasteiger partial charge >= 0.3 is 6.03 Å². The summed E-state index contributed by atoms with van der Waals surface area (Å²) in [5.74, 6) is -0.898. The molecule has 10 heteroatoms. The molecule has 9 nitrogen and oxygen atoms in total. The lowest BCUT2D eigenvalue weighted by Gasteiger charge is -2.20. The number of pyridine rings is 1. The van der Waals surface area contributed by atoms with E-state index in [-0.39, 0.29) is 12.3 Å². The summed E-state index contributed by atoms with van der Waals surface area (Å²) in [6, 6.07) is 9.04. The van der Waals surface area contributed by atoms with Crippen molar-refractivity contribution < 1.29 is 18.0 Å². The highest BCUT2D eigenvalue weighted by molar-refractivity contribution is 7.91. The molecule has 3 aromatic rings. The standard InChI is InChI=1S/C20H21N5O4S/c1-11-10-12(2)22-18-16(11)14-6-4-5-7-15(14)25(18)9-8-21-30(28,29)17-13(3)23-20(27)24-19(17)26/h4-7,10,17,21H,8-9H2,1-3H3,(H,24,26,27)/t17-/m1/s1. The molecular weight excluding hydrogens is 406 g/mol. The Morgan fingerprint density at radius 3 is 2.63 bits per heavy atom. The van der Waals surface area contributed by atoms with E-state index in [9.17, 15) is 18.0 Å². The van der Waals surface area contributed by atoms with Gasteiger partial charge in [0.05, 0.1) is 5.52 Å². The molecule has 1 atom stereocenters. The molecular formula is C20H21N5O4S. The Morgan fingerprint density at radius 2 is 1.90 bits per heavy atom. The van der Waals surface area contributed by atoms with E-state index in [2.05, 4.69) is 14.7 Å². The second-order valence-corrected chi connectivity index (χ2v) is 9.17. The van der Waals surface area contributed by atoms with Crippen molar-refractivity contribution in [1.29, 1.82) is 0 Å². The van der Waals surface area contributed by atoms with Crippen LogP contribution in [-0.2, 0) is 21.4 Å². The topological polar surface area (TPSA) is 123 Å². The molecule has 3 heterocycles. The van der Waals surface area contributed by atoms with Crippen LogP contribution in [0.25, 0.3) is 21.9 Å². The third kappa shape index (κ3) is 3.37. The maximum atomic E-state index is 12.7. The fourth-order valence-electron chi connectivity index (χ4n) is 3.96. The molecule has 0 aliphatic carbocycles. The van der Waals surface area contributed by atoms with Crippen LogP contribution in [-0.4, -0.2) is 47.4 Å². The number of carbonyl (C=O) groups excluding carboxylic acids is 2. The van der Waals surface area contributed by atoms with Gasteiger partial charge in [-0.05, 0) is 38.5 Å². The van der Waals surface area contributed by atoms with Crippen molar-refractivity contribution in [3.05, 3.63) is 41.6 Å². The number of urea groups is 1. The average Bonchev–Trinajstić information content (AvgIpc) is 2.94. The molecule has 0 bridgehead atoms. The molecule has 3 amide bonds. The van der Waals surface area contributed by atoms with E-state index in [1.165, 1.54) is 6.92 Å². The predicted octanol–water partition coefficient (Wildman–Crippen LogP) is 1.81. The lowest BCUT2D eigenvalue weighted by molar-refractivity contribution is -0.118. The number of benzene rings is 1. The van der Waals surface area contributed by atoms with Crippen molar-refractivity contribution >= 4 is 49.6 Å². The summed E-state index contributed by atoms with van der Waals surface area (Å²) < 4.78 is 29.8. The normalized spacial score (nSPS) is 17.4. The number of nitrogens with zero attached hydrogens (tertiary/aromatic N) is 3. The number of imide groups is 1. The Hall–Kier alpha value is -3.11.